The van der Waals surface area contributed by atoms with Gasteiger partial charge in [0, 0.05) is 18.8 Å². The first-order chi connectivity index (χ1) is 9.90. The fourth-order valence-electron chi connectivity index (χ4n) is 2.12. The Kier molecular flexibility index (Phi) is 4.69. The molecule has 0 atom stereocenters. The second-order valence-corrected chi connectivity index (χ2v) is 6.44. The molecule has 0 aromatic heterocycles. The van der Waals surface area contributed by atoms with Gasteiger partial charge in [-0.1, -0.05) is 0 Å². The average molecular weight is 314 g/mol. The van der Waals surface area contributed by atoms with Crippen molar-refractivity contribution in [3.8, 4) is 0 Å². The molecule has 0 unspecified atom stereocenters. The first kappa shape index (κ1) is 15.6. The first-order valence-electron chi connectivity index (χ1n) is 6.43. The minimum absolute atomic E-state index is 0.187. The van der Waals surface area contributed by atoms with E-state index >= 15 is 0 Å². The molecule has 1 aliphatic heterocycles. The van der Waals surface area contributed by atoms with Gasteiger partial charge in [-0.2, -0.15) is 0 Å². The average Bonchev–Trinajstić information content (AvgIpc) is 2.46. The lowest BCUT2D eigenvalue weighted by Crippen LogP contribution is -2.36. The number of rotatable bonds is 4. The predicted octanol–water partition coefficient (Wildman–Crippen LogP) is 0.681. The standard InChI is InChI=1S/C13H18N2O5S/c1-19-13(16)11-9-10(15-5-7-20-8-6-15)3-4-12(11)14-21(2,17)18/h3-4,9,14H,5-8H2,1-2H3. The second kappa shape index (κ2) is 6.31. The lowest BCUT2D eigenvalue weighted by molar-refractivity contribution is 0.0602. The number of esters is 1. The summed E-state index contributed by atoms with van der Waals surface area (Å²) in [6.45, 7) is 2.69. The summed E-state index contributed by atoms with van der Waals surface area (Å²) in [4.78, 5) is 13.9. The monoisotopic (exact) mass is 314 g/mol. The van der Waals surface area contributed by atoms with Gasteiger partial charge in [0.15, 0.2) is 0 Å². The number of morpholine rings is 1. The maximum atomic E-state index is 11.9. The Morgan fingerprint density at radius 1 is 1.33 bits per heavy atom. The van der Waals surface area contributed by atoms with Crippen molar-refractivity contribution in [2.75, 3.05) is 49.3 Å². The summed E-state index contributed by atoms with van der Waals surface area (Å²) in [6, 6.07) is 4.97. The molecule has 8 heteroatoms. The normalized spacial score (nSPS) is 15.6. The number of anilines is 2. The summed E-state index contributed by atoms with van der Waals surface area (Å²) in [5.41, 5.74) is 1.23. The molecule has 116 valence electrons. The van der Waals surface area contributed by atoms with Gasteiger partial charge in [0.25, 0.3) is 0 Å². The Morgan fingerprint density at radius 3 is 2.57 bits per heavy atom. The Balaban J connectivity index is 2.36. The van der Waals surface area contributed by atoms with Crippen molar-refractivity contribution >= 4 is 27.4 Å². The van der Waals surface area contributed by atoms with Crippen molar-refractivity contribution in [2.24, 2.45) is 0 Å². The van der Waals surface area contributed by atoms with Crippen LogP contribution in [0.25, 0.3) is 0 Å². The molecule has 1 aliphatic rings. The maximum Gasteiger partial charge on any atom is 0.340 e. The highest BCUT2D eigenvalue weighted by atomic mass is 32.2. The van der Waals surface area contributed by atoms with Crippen molar-refractivity contribution in [1.82, 2.24) is 0 Å². The van der Waals surface area contributed by atoms with Gasteiger partial charge in [0.2, 0.25) is 10.0 Å². The smallest absolute Gasteiger partial charge is 0.340 e. The number of methoxy groups -OCH3 is 1. The third-order valence-electron chi connectivity index (χ3n) is 3.08. The van der Waals surface area contributed by atoms with Gasteiger partial charge in [-0.05, 0) is 18.2 Å². The number of hydrogen-bond donors (Lipinski definition) is 1. The number of carbonyl (C=O) groups excluding carboxylic acids is 1. The molecule has 1 fully saturated rings. The lowest BCUT2D eigenvalue weighted by Gasteiger charge is -2.29. The summed E-state index contributed by atoms with van der Waals surface area (Å²) >= 11 is 0. The largest absolute Gasteiger partial charge is 0.465 e. The van der Waals surface area contributed by atoms with Crippen LogP contribution in [-0.4, -0.2) is 54.1 Å². The van der Waals surface area contributed by atoms with E-state index in [4.69, 9.17) is 9.47 Å². The summed E-state index contributed by atoms with van der Waals surface area (Å²) in [7, 11) is -2.21. The van der Waals surface area contributed by atoms with E-state index in [0.717, 1.165) is 25.0 Å². The molecule has 0 radical (unpaired) electrons. The quantitative estimate of drug-likeness (QED) is 0.823. The van der Waals surface area contributed by atoms with Crippen LogP contribution >= 0.6 is 0 Å². The van der Waals surface area contributed by atoms with E-state index in [9.17, 15) is 13.2 Å². The van der Waals surface area contributed by atoms with Crippen LogP contribution in [-0.2, 0) is 19.5 Å². The molecule has 0 spiro atoms. The number of nitrogens with zero attached hydrogens (tertiary/aromatic N) is 1. The molecular weight excluding hydrogens is 296 g/mol. The Labute approximate surface area is 123 Å². The number of sulfonamides is 1. The molecule has 1 saturated heterocycles. The van der Waals surface area contributed by atoms with Gasteiger partial charge >= 0.3 is 5.97 Å². The molecule has 7 nitrogen and oxygen atoms in total. The van der Waals surface area contributed by atoms with Gasteiger partial charge in [-0.3, -0.25) is 4.72 Å². The third kappa shape index (κ3) is 4.08. The van der Waals surface area contributed by atoms with E-state index in [-0.39, 0.29) is 11.3 Å². The van der Waals surface area contributed by atoms with Gasteiger partial charge in [0.1, 0.15) is 0 Å². The lowest BCUT2D eigenvalue weighted by atomic mass is 10.1. The fraction of sp³-hybridized carbons (Fsp3) is 0.462. The zero-order valence-corrected chi connectivity index (χ0v) is 12.8. The molecule has 1 aromatic carbocycles. The zero-order chi connectivity index (χ0) is 15.5. The van der Waals surface area contributed by atoms with Crippen LogP contribution in [0.2, 0.25) is 0 Å². The minimum Gasteiger partial charge on any atom is -0.465 e. The van der Waals surface area contributed by atoms with Crippen LogP contribution in [0.4, 0.5) is 11.4 Å². The first-order valence-corrected chi connectivity index (χ1v) is 8.33. The molecule has 1 heterocycles. The van der Waals surface area contributed by atoms with Crippen molar-refractivity contribution in [3.63, 3.8) is 0 Å². The van der Waals surface area contributed by atoms with E-state index in [1.807, 2.05) is 0 Å². The van der Waals surface area contributed by atoms with E-state index in [0.29, 0.717) is 13.2 Å². The third-order valence-corrected chi connectivity index (χ3v) is 3.67. The molecular formula is C13H18N2O5S. The molecule has 2 rings (SSSR count). The number of ether oxygens (including phenoxy) is 2. The van der Waals surface area contributed by atoms with Gasteiger partial charge in [-0.15, -0.1) is 0 Å². The van der Waals surface area contributed by atoms with Crippen molar-refractivity contribution < 1.29 is 22.7 Å². The molecule has 1 N–H and O–H groups in total. The summed E-state index contributed by atoms with van der Waals surface area (Å²) in [5, 5.41) is 0. The molecule has 1 aromatic rings. The maximum absolute atomic E-state index is 11.9. The van der Waals surface area contributed by atoms with E-state index in [2.05, 4.69) is 9.62 Å². The SMILES string of the molecule is COC(=O)c1cc(N2CCOCC2)ccc1NS(C)(=O)=O. The summed E-state index contributed by atoms with van der Waals surface area (Å²) < 4.78 is 35.0. The zero-order valence-electron chi connectivity index (χ0n) is 12.0. The van der Waals surface area contributed by atoms with Crippen LogP contribution < -0.4 is 9.62 Å². The Hall–Kier alpha value is -1.80. The molecule has 0 bridgehead atoms. The Bertz CT molecular complexity index is 623. The molecule has 0 amide bonds. The predicted molar refractivity (Wildman–Crippen MR) is 79.3 cm³/mol. The van der Waals surface area contributed by atoms with Gasteiger partial charge in [0.05, 0.1) is 37.8 Å². The highest BCUT2D eigenvalue weighted by Gasteiger charge is 2.18. The van der Waals surface area contributed by atoms with Crippen molar-refractivity contribution in [2.45, 2.75) is 0 Å². The van der Waals surface area contributed by atoms with Crippen LogP contribution in [0.5, 0.6) is 0 Å². The fourth-order valence-corrected chi connectivity index (χ4v) is 2.70. The minimum atomic E-state index is -3.47. The van der Waals surface area contributed by atoms with Crippen LogP contribution in [0, 0.1) is 0 Å². The van der Waals surface area contributed by atoms with Crippen LogP contribution in [0.3, 0.4) is 0 Å². The van der Waals surface area contributed by atoms with Crippen LogP contribution in [0.15, 0.2) is 18.2 Å². The van der Waals surface area contributed by atoms with Crippen molar-refractivity contribution in [1.29, 1.82) is 0 Å². The summed E-state index contributed by atoms with van der Waals surface area (Å²) in [6.07, 6.45) is 1.03. The van der Waals surface area contributed by atoms with Crippen LogP contribution in [0.1, 0.15) is 10.4 Å². The highest BCUT2D eigenvalue weighted by molar-refractivity contribution is 7.92. The number of carbonyl (C=O) groups is 1. The number of benzene rings is 1. The van der Waals surface area contributed by atoms with E-state index in [1.165, 1.54) is 7.11 Å². The number of nitrogens with one attached hydrogen (secondary N) is 1. The highest BCUT2D eigenvalue weighted by Crippen LogP contribution is 2.25. The van der Waals surface area contributed by atoms with Gasteiger partial charge < -0.3 is 14.4 Å². The molecule has 0 saturated carbocycles. The topological polar surface area (TPSA) is 84.9 Å². The van der Waals surface area contributed by atoms with E-state index in [1.54, 1.807) is 18.2 Å². The molecule has 0 aliphatic carbocycles. The van der Waals surface area contributed by atoms with Gasteiger partial charge in [-0.25, -0.2) is 13.2 Å². The Morgan fingerprint density at radius 2 is 2.00 bits per heavy atom. The van der Waals surface area contributed by atoms with E-state index < -0.39 is 16.0 Å². The second-order valence-electron chi connectivity index (χ2n) is 4.70. The summed E-state index contributed by atoms with van der Waals surface area (Å²) in [5.74, 6) is -0.587. The van der Waals surface area contributed by atoms with Crippen molar-refractivity contribution in [3.05, 3.63) is 23.8 Å². The molecule has 21 heavy (non-hydrogen) atoms. The number of hydrogen-bond acceptors (Lipinski definition) is 6.